The molecular weight excluding hydrogens is 333 g/mol. The molecule has 7 heteroatoms. The van der Waals surface area contributed by atoms with Crippen LogP contribution in [0.5, 0.6) is 5.75 Å². The van der Waals surface area contributed by atoms with Crippen molar-refractivity contribution in [2.45, 2.75) is 6.61 Å². The second-order valence-corrected chi connectivity index (χ2v) is 5.86. The van der Waals surface area contributed by atoms with Crippen molar-refractivity contribution in [1.29, 1.82) is 0 Å². The Bertz CT molecular complexity index is 1080. The number of halogens is 1. The zero-order chi connectivity index (χ0) is 18.1. The molecule has 2 aromatic heterocycles. The third-order valence-electron chi connectivity index (χ3n) is 4.11. The van der Waals surface area contributed by atoms with Gasteiger partial charge < -0.3 is 16.2 Å². The zero-order valence-corrected chi connectivity index (χ0v) is 13.7. The van der Waals surface area contributed by atoms with E-state index in [4.69, 9.17) is 16.2 Å². The molecule has 2 aromatic carbocycles. The molecule has 2 heterocycles. The van der Waals surface area contributed by atoms with E-state index in [0.717, 1.165) is 22.1 Å². The first-order valence-corrected chi connectivity index (χ1v) is 7.97. The molecule has 0 amide bonds. The molecule has 5 N–H and O–H groups in total. The molecule has 0 atom stereocenters. The summed E-state index contributed by atoms with van der Waals surface area (Å²) in [5, 5.41) is 7.57. The highest BCUT2D eigenvalue weighted by Crippen LogP contribution is 2.34. The van der Waals surface area contributed by atoms with E-state index in [1.165, 1.54) is 12.1 Å². The lowest BCUT2D eigenvalue weighted by atomic mass is 10.0. The molecule has 0 radical (unpaired) electrons. The number of nitrogens with two attached hydrogens (primary N) is 2. The largest absolute Gasteiger partial charge is 0.487 e. The average Bonchev–Trinajstić information content (AvgIpc) is 3.04. The highest BCUT2D eigenvalue weighted by molar-refractivity contribution is 5.99. The average molecular weight is 349 g/mol. The molecule has 6 nitrogen and oxygen atoms in total. The number of nitrogen functional groups attached to an aromatic ring is 2. The number of nitrogens with one attached hydrogen (secondary N) is 1. The van der Waals surface area contributed by atoms with Crippen LogP contribution in [0.15, 0.2) is 54.7 Å². The fraction of sp³-hybridized carbons (Fsp3) is 0.0526. The Morgan fingerprint density at radius 3 is 2.65 bits per heavy atom. The maximum absolute atomic E-state index is 13.0. The molecule has 0 saturated heterocycles. The Morgan fingerprint density at radius 1 is 1.04 bits per heavy atom. The monoisotopic (exact) mass is 349 g/mol. The Hall–Kier alpha value is -3.61. The van der Waals surface area contributed by atoms with E-state index < -0.39 is 0 Å². The Labute approximate surface area is 148 Å². The van der Waals surface area contributed by atoms with Gasteiger partial charge >= 0.3 is 0 Å². The van der Waals surface area contributed by atoms with Crippen LogP contribution in [0.25, 0.3) is 22.2 Å². The summed E-state index contributed by atoms with van der Waals surface area (Å²) in [4.78, 5) is 4.20. The van der Waals surface area contributed by atoms with Crippen LogP contribution < -0.4 is 16.2 Å². The minimum atomic E-state index is -0.283. The second kappa shape index (κ2) is 6.36. The topological polar surface area (TPSA) is 103 Å². The molecule has 0 aliphatic rings. The van der Waals surface area contributed by atoms with Gasteiger partial charge in [0.2, 0.25) is 0 Å². The minimum absolute atomic E-state index is 0.283. The lowest BCUT2D eigenvalue weighted by Gasteiger charge is -2.12. The zero-order valence-electron chi connectivity index (χ0n) is 13.7. The van der Waals surface area contributed by atoms with Crippen LogP contribution in [0.2, 0.25) is 0 Å². The number of ether oxygens (including phenoxy) is 1. The lowest BCUT2D eigenvalue weighted by Crippen LogP contribution is -1.99. The maximum Gasteiger partial charge on any atom is 0.183 e. The summed E-state index contributed by atoms with van der Waals surface area (Å²) in [6, 6.07) is 13.5. The van der Waals surface area contributed by atoms with E-state index in [1.807, 2.05) is 18.2 Å². The molecule has 0 aliphatic heterocycles. The van der Waals surface area contributed by atoms with Crippen LogP contribution in [0, 0.1) is 5.82 Å². The van der Waals surface area contributed by atoms with Gasteiger partial charge in [-0.15, -0.1) is 0 Å². The van der Waals surface area contributed by atoms with Crippen molar-refractivity contribution in [3.05, 3.63) is 66.1 Å². The van der Waals surface area contributed by atoms with Crippen molar-refractivity contribution in [2.24, 2.45) is 0 Å². The number of H-pyrrole nitrogens is 1. The summed E-state index contributed by atoms with van der Waals surface area (Å²) < 4.78 is 18.8. The van der Waals surface area contributed by atoms with Crippen LogP contribution >= 0.6 is 0 Å². The second-order valence-electron chi connectivity index (χ2n) is 5.86. The summed E-state index contributed by atoms with van der Waals surface area (Å²) in [6.45, 7) is 0.285. The summed E-state index contributed by atoms with van der Waals surface area (Å²) >= 11 is 0. The van der Waals surface area contributed by atoms with Crippen molar-refractivity contribution in [1.82, 2.24) is 15.2 Å². The van der Waals surface area contributed by atoms with Crippen LogP contribution in [-0.4, -0.2) is 15.2 Å². The molecular formula is C19H16FN5O. The number of pyridine rings is 1. The van der Waals surface area contributed by atoms with Gasteiger partial charge in [-0.25, -0.2) is 9.37 Å². The molecule has 4 rings (SSSR count). The van der Waals surface area contributed by atoms with Crippen LogP contribution in [0.4, 0.5) is 15.9 Å². The van der Waals surface area contributed by atoms with Gasteiger partial charge in [-0.3, -0.25) is 5.10 Å². The number of nitrogens with zero attached hydrogens (tertiary/aromatic N) is 2. The van der Waals surface area contributed by atoms with Crippen LogP contribution in [0.3, 0.4) is 0 Å². The highest BCUT2D eigenvalue weighted by Gasteiger charge is 2.12. The highest BCUT2D eigenvalue weighted by atomic mass is 19.1. The van der Waals surface area contributed by atoms with Gasteiger partial charge in [0.1, 0.15) is 24.0 Å². The summed E-state index contributed by atoms with van der Waals surface area (Å²) in [6.07, 6.45) is 1.67. The normalized spacial score (nSPS) is 11.0. The Kier molecular flexibility index (Phi) is 3.89. The number of anilines is 2. The Morgan fingerprint density at radius 2 is 1.85 bits per heavy atom. The third kappa shape index (κ3) is 2.90. The number of aromatic nitrogens is 3. The van der Waals surface area contributed by atoms with E-state index in [-0.39, 0.29) is 12.4 Å². The van der Waals surface area contributed by atoms with E-state index >= 15 is 0 Å². The first kappa shape index (κ1) is 15.9. The molecule has 0 unspecified atom stereocenters. The van der Waals surface area contributed by atoms with Crippen molar-refractivity contribution >= 4 is 22.5 Å². The van der Waals surface area contributed by atoms with E-state index in [1.54, 1.807) is 24.4 Å². The standard InChI is InChI=1S/C19H16FN5O/c20-13-4-1-11(2-5-13)10-26-16-9-12(3-6-15(16)21)14-7-8-23-19-17(14)18(22)24-25-19/h1-9H,10,21H2,(H3,22,23,24,25). The molecule has 0 saturated carbocycles. The van der Waals surface area contributed by atoms with Crippen molar-refractivity contribution < 1.29 is 9.13 Å². The smallest absolute Gasteiger partial charge is 0.183 e. The molecule has 0 aliphatic carbocycles. The molecule has 0 spiro atoms. The number of benzene rings is 2. The maximum atomic E-state index is 13.0. The molecule has 130 valence electrons. The van der Waals surface area contributed by atoms with E-state index in [0.29, 0.717) is 22.9 Å². The fourth-order valence-electron chi connectivity index (χ4n) is 2.78. The third-order valence-corrected chi connectivity index (χ3v) is 4.11. The summed E-state index contributed by atoms with van der Waals surface area (Å²) in [5.74, 6) is 0.710. The van der Waals surface area contributed by atoms with E-state index in [2.05, 4.69) is 15.2 Å². The number of hydrogen-bond acceptors (Lipinski definition) is 5. The molecule has 0 bridgehead atoms. The van der Waals surface area contributed by atoms with Gasteiger partial charge in [0, 0.05) is 6.20 Å². The van der Waals surface area contributed by atoms with Gasteiger partial charge in [-0.2, -0.15) is 5.10 Å². The minimum Gasteiger partial charge on any atom is -0.487 e. The van der Waals surface area contributed by atoms with Crippen molar-refractivity contribution in [3.8, 4) is 16.9 Å². The van der Waals surface area contributed by atoms with Gasteiger partial charge in [-0.1, -0.05) is 18.2 Å². The van der Waals surface area contributed by atoms with Crippen molar-refractivity contribution in [3.63, 3.8) is 0 Å². The van der Waals surface area contributed by atoms with Gasteiger partial charge in [0.05, 0.1) is 11.1 Å². The Balaban J connectivity index is 1.67. The quantitative estimate of drug-likeness (QED) is 0.489. The molecule has 0 fully saturated rings. The van der Waals surface area contributed by atoms with E-state index in [9.17, 15) is 4.39 Å². The van der Waals surface area contributed by atoms with Crippen LogP contribution in [-0.2, 0) is 6.61 Å². The predicted molar refractivity (Wildman–Crippen MR) is 98.9 cm³/mol. The first-order chi connectivity index (χ1) is 12.6. The summed E-state index contributed by atoms with van der Waals surface area (Å²) in [7, 11) is 0. The number of hydrogen-bond donors (Lipinski definition) is 3. The predicted octanol–water partition coefficient (Wildman–Crippen LogP) is 3.51. The molecule has 4 aromatic rings. The van der Waals surface area contributed by atoms with Crippen LogP contribution in [0.1, 0.15) is 5.56 Å². The summed E-state index contributed by atoms with van der Waals surface area (Å²) in [5.41, 5.74) is 15.7. The first-order valence-electron chi connectivity index (χ1n) is 7.97. The lowest BCUT2D eigenvalue weighted by molar-refractivity contribution is 0.308. The number of aromatic amines is 1. The van der Waals surface area contributed by atoms with Gasteiger partial charge in [0.15, 0.2) is 5.65 Å². The fourth-order valence-corrected chi connectivity index (χ4v) is 2.78. The van der Waals surface area contributed by atoms with Crippen molar-refractivity contribution in [2.75, 3.05) is 11.5 Å². The SMILES string of the molecule is Nc1ccc(-c2ccnc3n[nH]c(N)c23)cc1OCc1ccc(F)cc1. The van der Waals surface area contributed by atoms with Gasteiger partial charge in [0.25, 0.3) is 0 Å². The molecule has 26 heavy (non-hydrogen) atoms. The number of fused-ring (bicyclic) bond motifs is 1. The number of rotatable bonds is 4. The van der Waals surface area contributed by atoms with Gasteiger partial charge in [-0.05, 0) is 47.0 Å².